The first-order valence-electron chi connectivity index (χ1n) is 9.16. The van der Waals surface area contributed by atoms with Gasteiger partial charge in [-0.3, -0.25) is 14.5 Å². The number of rotatable bonds is 6. The Kier molecular flexibility index (Phi) is 7.87. The van der Waals surface area contributed by atoms with Crippen molar-refractivity contribution >= 4 is 24.1 Å². The van der Waals surface area contributed by atoms with Crippen LogP contribution in [0.3, 0.4) is 0 Å². The van der Waals surface area contributed by atoms with Gasteiger partial charge in [0.05, 0.1) is 0 Å². The number of hydrogen-bond acceptors (Lipinski definition) is 5. The molecular weight excluding hydrogens is 354 g/mol. The van der Waals surface area contributed by atoms with Gasteiger partial charge >= 0.3 is 0 Å². The molecule has 6 nitrogen and oxygen atoms in total. The van der Waals surface area contributed by atoms with Gasteiger partial charge in [-0.25, -0.2) is 0 Å². The second kappa shape index (κ2) is 9.90. The number of ketones is 1. The lowest BCUT2D eigenvalue weighted by Crippen LogP contribution is -2.49. The second-order valence-electron chi connectivity index (χ2n) is 6.66. The van der Waals surface area contributed by atoms with Crippen molar-refractivity contribution in [3.8, 4) is 5.75 Å². The van der Waals surface area contributed by atoms with Crippen LogP contribution in [0.4, 0.5) is 0 Å². The predicted octanol–water partition coefficient (Wildman–Crippen LogP) is 1.59. The first-order chi connectivity index (χ1) is 12.2. The highest BCUT2D eigenvalue weighted by Crippen LogP contribution is 2.17. The topological polar surface area (TPSA) is 61.9 Å². The van der Waals surface area contributed by atoms with Crippen molar-refractivity contribution in [3.63, 3.8) is 0 Å². The highest BCUT2D eigenvalue weighted by molar-refractivity contribution is 5.95. The minimum absolute atomic E-state index is 0. The maximum atomic E-state index is 12.4. The molecule has 2 heterocycles. The van der Waals surface area contributed by atoms with Crippen molar-refractivity contribution in [1.82, 2.24) is 15.1 Å². The number of nitrogens with zero attached hydrogens (tertiary/aromatic N) is 2. The van der Waals surface area contributed by atoms with Crippen molar-refractivity contribution < 1.29 is 14.3 Å². The van der Waals surface area contributed by atoms with Crippen LogP contribution in [-0.2, 0) is 4.79 Å². The molecule has 0 radical (unpaired) electrons. The van der Waals surface area contributed by atoms with E-state index in [1.165, 1.54) is 0 Å². The number of likely N-dealkylation sites (tertiary alicyclic amines) is 1. The maximum absolute atomic E-state index is 12.4. The van der Waals surface area contributed by atoms with E-state index in [1.54, 1.807) is 24.3 Å². The predicted molar refractivity (Wildman–Crippen MR) is 103 cm³/mol. The van der Waals surface area contributed by atoms with E-state index in [0.717, 1.165) is 45.7 Å². The summed E-state index contributed by atoms with van der Waals surface area (Å²) in [5.74, 6) is 0.767. The van der Waals surface area contributed by atoms with Gasteiger partial charge < -0.3 is 15.0 Å². The van der Waals surface area contributed by atoms with Gasteiger partial charge in [0.2, 0.25) is 0 Å². The quantitative estimate of drug-likeness (QED) is 0.758. The van der Waals surface area contributed by atoms with E-state index in [1.807, 2.05) is 11.8 Å². The van der Waals surface area contributed by atoms with Gasteiger partial charge in [0.15, 0.2) is 12.4 Å². The Morgan fingerprint density at radius 3 is 2.50 bits per heavy atom. The Morgan fingerprint density at radius 1 is 1.15 bits per heavy atom. The molecule has 2 aliphatic heterocycles. The molecule has 1 aromatic carbocycles. The van der Waals surface area contributed by atoms with Crippen molar-refractivity contribution in [2.45, 2.75) is 25.8 Å². The summed E-state index contributed by atoms with van der Waals surface area (Å²) in [4.78, 5) is 28.4. The summed E-state index contributed by atoms with van der Waals surface area (Å²) >= 11 is 0. The van der Waals surface area contributed by atoms with Gasteiger partial charge in [0.25, 0.3) is 5.91 Å². The van der Waals surface area contributed by atoms with Crippen molar-refractivity contribution in [2.24, 2.45) is 0 Å². The van der Waals surface area contributed by atoms with Crippen molar-refractivity contribution in [2.75, 3.05) is 45.9 Å². The molecule has 3 rings (SSSR count). The Morgan fingerprint density at radius 2 is 1.85 bits per heavy atom. The number of carbonyl (C=O) groups excluding carboxylic acids is 2. The number of hydrogen-bond donors (Lipinski definition) is 1. The lowest BCUT2D eigenvalue weighted by atomic mass is 10.1. The molecule has 0 bridgehead atoms. The summed E-state index contributed by atoms with van der Waals surface area (Å²) in [6.07, 6.45) is 1.53. The fraction of sp³-hybridized carbons (Fsp3) is 0.579. The number of amides is 1. The van der Waals surface area contributed by atoms with E-state index in [4.69, 9.17) is 4.74 Å². The van der Waals surface area contributed by atoms with Crippen LogP contribution in [0.25, 0.3) is 0 Å². The van der Waals surface area contributed by atoms with Crippen LogP contribution >= 0.6 is 12.4 Å². The molecule has 1 atom stereocenters. The summed E-state index contributed by atoms with van der Waals surface area (Å²) in [7, 11) is 0. The SMILES string of the molecule is CCC(=O)c1ccc(OCC(=O)N2CCC(N3CCNCC3)C2)cc1.Cl. The molecule has 0 spiro atoms. The zero-order chi connectivity index (χ0) is 17.6. The third-order valence-corrected chi connectivity index (χ3v) is 5.04. The Hall–Kier alpha value is -1.63. The van der Waals surface area contributed by atoms with Gasteiger partial charge in [-0.2, -0.15) is 0 Å². The van der Waals surface area contributed by atoms with E-state index in [0.29, 0.717) is 23.8 Å². The monoisotopic (exact) mass is 381 g/mol. The smallest absolute Gasteiger partial charge is 0.260 e. The average Bonchev–Trinajstić information content (AvgIpc) is 3.17. The van der Waals surface area contributed by atoms with Gasteiger partial charge in [0.1, 0.15) is 5.75 Å². The molecule has 0 saturated carbocycles. The van der Waals surface area contributed by atoms with E-state index in [-0.39, 0.29) is 30.7 Å². The largest absolute Gasteiger partial charge is 0.484 e. The number of carbonyl (C=O) groups is 2. The molecule has 144 valence electrons. The third kappa shape index (κ3) is 5.19. The highest BCUT2D eigenvalue weighted by atomic mass is 35.5. The van der Waals surface area contributed by atoms with Gasteiger partial charge in [-0.1, -0.05) is 6.92 Å². The van der Waals surface area contributed by atoms with E-state index < -0.39 is 0 Å². The second-order valence-corrected chi connectivity index (χ2v) is 6.66. The number of benzene rings is 1. The Balaban J connectivity index is 0.00000243. The van der Waals surface area contributed by atoms with Crippen LogP contribution in [0.5, 0.6) is 5.75 Å². The highest BCUT2D eigenvalue weighted by Gasteiger charge is 2.30. The number of halogens is 1. The molecule has 1 amide bonds. The maximum Gasteiger partial charge on any atom is 0.260 e. The summed E-state index contributed by atoms with van der Waals surface area (Å²) in [6, 6.07) is 7.49. The zero-order valence-corrected chi connectivity index (χ0v) is 16.1. The van der Waals surface area contributed by atoms with Crippen LogP contribution in [0.2, 0.25) is 0 Å². The number of piperazine rings is 1. The molecule has 1 N–H and O–H groups in total. The molecule has 0 aromatic heterocycles. The van der Waals surface area contributed by atoms with Crippen LogP contribution in [0.15, 0.2) is 24.3 Å². The lowest BCUT2D eigenvalue weighted by Gasteiger charge is -2.32. The number of ether oxygens (including phenoxy) is 1. The first-order valence-corrected chi connectivity index (χ1v) is 9.16. The molecule has 0 aliphatic carbocycles. The molecule has 1 unspecified atom stereocenters. The third-order valence-electron chi connectivity index (χ3n) is 5.04. The molecule has 2 fully saturated rings. The Labute approximate surface area is 161 Å². The lowest BCUT2D eigenvalue weighted by molar-refractivity contribution is -0.132. The van der Waals surface area contributed by atoms with Crippen LogP contribution < -0.4 is 10.1 Å². The molecule has 2 saturated heterocycles. The standard InChI is InChI=1S/C19H27N3O3.ClH/c1-2-18(23)15-3-5-17(6-4-15)25-14-19(24)22-10-7-16(13-22)21-11-8-20-9-12-21;/h3-6,16,20H,2,7-14H2,1H3;1H. The Bertz CT molecular complexity index is 603. The molecule has 2 aliphatic rings. The zero-order valence-electron chi connectivity index (χ0n) is 15.3. The van der Waals surface area contributed by atoms with Crippen molar-refractivity contribution in [1.29, 1.82) is 0 Å². The molecular formula is C19H28ClN3O3. The summed E-state index contributed by atoms with van der Waals surface area (Å²) in [5, 5.41) is 3.36. The average molecular weight is 382 g/mol. The van der Waals surface area contributed by atoms with E-state index in [2.05, 4.69) is 10.2 Å². The van der Waals surface area contributed by atoms with E-state index >= 15 is 0 Å². The molecule has 7 heteroatoms. The van der Waals surface area contributed by atoms with Crippen molar-refractivity contribution in [3.05, 3.63) is 29.8 Å². The molecule has 1 aromatic rings. The molecule has 26 heavy (non-hydrogen) atoms. The van der Waals surface area contributed by atoms with E-state index in [9.17, 15) is 9.59 Å². The van der Waals surface area contributed by atoms with Crippen LogP contribution in [-0.4, -0.2) is 73.4 Å². The van der Waals surface area contributed by atoms with Crippen LogP contribution in [0, 0.1) is 0 Å². The first kappa shape index (κ1) is 20.7. The van der Waals surface area contributed by atoms with Gasteiger partial charge in [-0.15, -0.1) is 12.4 Å². The summed E-state index contributed by atoms with van der Waals surface area (Å²) in [5.41, 5.74) is 0.680. The number of Topliss-reactive ketones (excluding diaryl/α,β-unsaturated/α-hetero) is 1. The normalized spacial score (nSPS) is 20.5. The minimum atomic E-state index is 0. The van der Waals surface area contributed by atoms with Crippen LogP contribution in [0.1, 0.15) is 30.1 Å². The fourth-order valence-corrected chi connectivity index (χ4v) is 3.49. The summed E-state index contributed by atoms with van der Waals surface area (Å²) in [6.45, 7) is 7.68. The van der Waals surface area contributed by atoms with Gasteiger partial charge in [-0.05, 0) is 30.7 Å². The minimum Gasteiger partial charge on any atom is -0.484 e. The van der Waals surface area contributed by atoms with Gasteiger partial charge in [0, 0.05) is 57.3 Å². The summed E-state index contributed by atoms with van der Waals surface area (Å²) < 4.78 is 5.60. The number of nitrogens with one attached hydrogen (secondary N) is 1. The fourth-order valence-electron chi connectivity index (χ4n) is 3.49.